The molecule has 0 amide bonds. The van der Waals surface area contributed by atoms with Crippen molar-refractivity contribution in [1.29, 1.82) is 0 Å². The van der Waals surface area contributed by atoms with Gasteiger partial charge in [-0.3, -0.25) is 9.98 Å². The summed E-state index contributed by atoms with van der Waals surface area (Å²) < 4.78 is 0. The highest BCUT2D eigenvalue weighted by Crippen LogP contribution is 2.40. The van der Waals surface area contributed by atoms with E-state index in [4.69, 9.17) is 0 Å². The summed E-state index contributed by atoms with van der Waals surface area (Å²) >= 11 is 0. The largest absolute Gasteiger partial charge is 0.356 e. The van der Waals surface area contributed by atoms with Crippen molar-refractivity contribution in [2.24, 2.45) is 4.99 Å². The van der Waals surface area contributed by atoms with Crippen LogP contribution in [0.25, 0.3) is 0 Å². The van der Waals surface area contributed by atoms with Crippen LogP contribution in [0.1, 0.15) is 42.5 Å². The molecule has 5 heteroatoms. The third-order valence-corrected chi connectivity index (χ3v) is 5.44. The molecule has 3 rings (SSSR count). The second kappa shape index (κ2) is 10.6. The van der Waals surface area contributed by atoms with Crippen LogP contribution in [-0.2, 0) is 11.8 Å². The minimum atomic E-state index is 0. The van der Waals surface area contributed by atoms with E-state index < -0.39 is 0 Å². The van der Waals surface area contributed by atoms with Gasteiger partial charge in [-0.25, -0.2) is 0 Å². The van der Waals surface area contributed by atoms with Crippen molar-refractivity contribution in [3.8, 4) is 0 Å². The Morgan fingerprint density at radius 3 is 2.44 bits per heavy atom. The van der Waals surface area contributed by atoms with Gasteiger partial charge in [0.1, 0.15) is 0 Å². The van der Waals surface area contributed by atoms with Gasteiger partial charge in [-0.15, -0.1) is 24.0 Å². The maximum Gasteiger partial charge on any atom is 0.191 e. The van der Waals surface area contributed by atoms with Crippen LogP contribution in [0.3, 0.4) is 0 Å². The van der Waals surface area contributed by atoms with Crippen molar-refractivity contribution in [3.63, 3.8) is 0 Å². The molecule has 0 aliphatic heterocycles. The fourth-order valence-corrected chi connectivity index (χ4v) is 3.86. The summed E-state index contributed by atoms with van der Waals surface area (Å²) in [7, 11) is 1.84. The first-order valence-electron chi connectivity index (χ1n) is 9.63. The van der Waals surface area contributed by atoms with E-state index in [9.17, 15) is 0 Å². The smallest absolute Gasteiger partial charge is 0.191 e. The second-order valence-electron chi connectivity index (χ2n) is 7.26. The average molecular weight is 478 g/mol. The van der Waals surface area contributed by atoms with Crippen molar-refractivity contribution in [3.05, 3.63) is 65.5 Å². The lowest BCUT2D eigenvalue weighted by molar-refractivity contribution is 0.432. The highest BCUT2D eigenvalue weighted by Gasteiger charge is 2.35. The number of hydrogen-bond acceptors (Lipinski definition) is 2. The van der Waals surface area contributed by atoms with Crippen molar-refractivity contribution in [2.75, 3.05) is 20.1 Å². The van der Waals surface area contributed by atoms with E-state index >= 15 is 0 Å². The van der Waals surface area contributed by atoms with Gasteiger partial charge >= 0.3 is 0 Å². The standard InChI is InChI=1S/C22H30N4.HI/c1-18-10-11-19(16-25-18)12-15-24-21(23-2)26-17-22(13-6-7-14-22)20-8-4-3-5-9-20;/h3-5,8-11,16H,6-7,12-15,17H2,1-2H3,(H2,23,24,26);1H. The average Bonchev–Trinajstić information content (AvgIpc) is 3.17. The van der Waals surface area contributed by atoms with Crippen LogP contribution >= 0.6 is 24.0 Å². The van der Waals surface area contributed by atoms with E-state index in [1.54, 1.807) is 0 Å². The predicted molar refractivity (Wildman–Crippen MR) is 124 cm³/mol. The van der Waals surface area contributed by atoms with E-state index in [0.717, 1.165) is 31.2 Å². The number of aryl methyl sites for hydroxylation is 1. The fraction of sp³-hybridized carbons (Fsp3) is 0.455. The zero-order valence-corrected chi connectivity index (χ0v) is 18.7. The Bertz CT molecular complexity index is 707. The highest BCUT2D eigenvalue weighted by molar-refractivity contribution is 14.0. The third kappa shape index (κ3) is 5.92. The van der Waals surface area contributed by atoms with E-state index in [2.05, 4.69) is 63.1 Å². The molecule has 2 aromatic rings. The van der Waals surface area contributed by atoms with Crippen LogP contribution < -0.4 is 10.6 Å². The van der Waals surface area contributed by atoms with Crippen molar-refractivity contribution >= 4 is 29.9 Å². The molecule has 0 bridgehead atoms. The van der Waals surface area contributed by atoms with E-state index in [1.165, 1.54) is 36.8 Å². The van der Waals surface area contributed by atoms with Crippen molar-refractivity contribution in [2.45, 2.75) is 44.4 Å². The molecule has 1 aliphatic carbocycles. The third-order valence-electron chi connectivity index (χ3n) is 5.44. The Kier molecular flexibility index (Phi) is 8.54. The number of nitrogens with zero attached hydrogens (tertiary/aromatic N) is 2. The monoisotopic (exact) mass is 478 g/mol. The quantitative estimate of drug-likeness (QED) is 0.371. The van der Waals surface area contributed by atoms with Gasteiger partial charge in [0, 0.05) is 37.4 Å². The molecule has 0 atom stereocenters. The normalized spacial score (nSPS) is 15.9. The molecule has 1 aliphatic rings. The molecule has 2 N–H and O–H groups in total. The van der Waals surface area contributed by atoms with Gasteiger partial charge in [-0.05, 0) is 43.4 Å². The number of halogens is 1. The summed E-state index contributed by atoms with van der Waals surface area (Å²) in [4.78, 5) is 8.75. The number of aliphatic imine (C=N–C) groups is 1. The van der Waals surface area contributed by atoms with Crippen molar-refractivity contribution in [1.82, 2.24) is 15.6 Å². The van der Waals surface area contributed by atoms with Crippen LogP contribution in [-0.4, -0.2) is 31.1 Å². The number of rotatable bonds is 6. The second-order valence-corrected chi connectivity index (χ2v) is 7.26. The lowest BCUT2D eigenvalue weighted by Gasteiger charge is -2.30. The molecule has 27 heavy (non-hydrogen) atoms. The number of nitrogens with one attached hydrogen (secondary N) is 2. The van der Waals surface area contributed by atoms with Crippen LogP contribution in [0.5, 0.6) is 0 Å². The predicted octanol–water partition coefficient (Wildman–Crippen LogP) is 4.23. The Morgan fingerprint density at radius 2 is 1.81 bits per heavy atom. The Balaban J connectivity index is 0.00000261. The van der Waals surface area contributed by atoms with Gasteiger partial charge < -0.3 is 10.6 Å². The summed E-state index contributed by atoms with van der Waals surface area (Å²) in [5, 5.41) is 7.01. The molecule has 1 aromatic heterocycles. The first-order valence-corrected chi connectivity index (χ1v) is 9.63. The van der Waals surface area contributed by atoms with E-state index in [1.807, 2.05) is 20.2 Å². The topological polar surface area (TPSA) is 49.3 Å². The van der Waals surface area contributed by atoms with Gasteiger partial charge in [-0.1, -0.05) is 49.2 Å². The maximum atomic E-state index is 4.40. The molecule has 0 radical (unpaired) electrons. The lowest BCUT2D eigenvalue weighted by Crippen LogP contribution is -2.45. The lowest BCUT2D eigenvalue weighted by atomic mass is 9.79. The summed E-state index contributed by atoms with van der Waals surface area (Å²) in [6.07, 6.45) is 8.01. The molecule has 1 fully saturated rings. The van der Waals surface area contributed by atoms with Crippen LogP contribution in [0, 0.1) is 6.92 Å². The number of hydrogen-bond donors (Lipinski definition) is 2. The molecule has 4 nitrogen and oxygen atoms in total. The number of benzene rings is 1. The van der Waals surface area contributed by atoms with Gasteiger partial charge in [0.25, 0.3) is 0 Å². The molecule has 146 valence electrons. The summed E-state index contributed by atoms with van der Waals surface area (Å²) in [6.45, 7) is 3.80. The summed E-state index contributed by atoms with van der Waals surface area (Å²) in [5.74, 6) is 0.882. The molecular weight excluding hydrogens is 447 g/mol. The Hall–Kier alpha value is -1.63. The molecule has 1 aromatic carbocycles. The first-order chi connectivity index (χ1) is 12.7. The number of aromatic nitrogens is 1. The molecule has 0 spiro atoms. The number of pyridine rings is 1. The molecule has 1 saturated carbocycles. The minimum Gasteiger partial charge on any atom is -0.356 e. The van der Waals surface area contributed by atoms with Gasteiger partial charge in [0.05, 0.1) is 0 Å². The zero-order valence-electron chi connectivity index (χ0n) is 16.4. The minimum absolute atomic E-state index is 0. The van der Waals surface area contributed by atoms with Gasteiger partial charge in [-0.2, -0.15) is 0 Å². The van der Waals surface area contributed by atoms with Crippen LogP contribution in [0.15, 0.2) is 53.7 Å². The van der Waals surface area contributed by atoms with Gasteiger partial charge in [0.15, 0.2) is 5.96 Å². The Morgan fingerprint density at radius 1 is 1.07 bits per heavy atom. The zero-order chi connectivity index (χ0) is 18.2. The van der Waals surface area contributed by atoms with Crippen LogP contribution in [0.4, 0.5) is 0 Å². The molecule has 1 heterocycles. The van der Waals surface area contributed by atoms with Crippen LogP contribution in [0.2, 0.25) is 0 Å². The maximum absolute atomic E-state index is 4.40. The Labute approximate surface area is 180 Å². The van der Waals surface area contributed by atoms with Crippen molar-refractivity contribution < 1.29 is 0 Å². The summed E-state index contributed by atoms with van der Waals surface area (Å²) in [6, 6.07) is 15.1. The molecular formula is C22H31IN4. The molecule has 0 unspecified atom stereocenters. The van der Waals surface area contributed by atoms with E-state index in [0.29, 0.717) is 0 Å². The van der Waals surface area contributed by atoms with E-state index in [-0.39, 0.29) is 29.4 Å². The van der Waals surface area contributed by atoms with Gasteiger partial charge in [0.2, 0.25) is 0 Å². The summed E-state index contributed by atoms with van der Waals surface area (Å²) in [5.41, 5.74) is 3.99. The number of guanidine groups is 1. The molecule has 0 saturated heterocycles. The first kappa shape index (κ1) is 21.7. The SMILES string of the molecule is CN=C(NCCc1ccc(C)nc1)NCC1(c2ccccc2)CCCC1.I. The highest BCUT2D eigenvalue weighted by atomic mass is 127. The fourth-order valence-electron chi connectivity index (χ4n) is 3.86.